The van der Waals surface area contributed by atoms with Crippen molar-refractivity contribution >= 4 is 0 Å². The molecular weight excluding hydrogens is 214 g/mol. The van der Waals surface area contributed by atoms with Gasteiger partial charge in [0.2, 0.25) is 5.79 Å². The van der Waals surface area contributed by atoms with Crippen LogP contribution < -0.4 is 5.73 Å². The average molecular weight is 235 g/mol. The van der Waals surface area contributed by atoms with Gasteiger partial charge in [-0.25, -0.2) is 0 Å². The standard InChI is InChI=1S/C14H21NO2/c1-2-3-4-12-5-7-13(8-6-12)14(11-15)16-9-10-17-14/h5-8H,2-4,9-11,15H2,1H3. The molecule has 0 aromatic heterocycles. The Hall–Kier alpha value is -0.900. The first-order chi connectivity index (χ1) is 8.30. The molecule has 2 rings (SSSR count). The van der Waals surface area contributed by atoms with Crippen LogP contribution in [0.15, 0.2) is 24.3 Å². The Bertz CT molecular complexity index is 342. The molecule has 94 valence electrons. The maximum Gasteiger partial charge on any atom is 0.207 e. The molecule has 1 aromatic rings. The minimum absolute atomic E-state index is 0.362. The predicted molar refractivity (Wildman–Crippen MR) is 67.7 cm³/mol. The van der Waals surface area contributed by atoms with Gasteiger partial charge in [-0.3, -0.25) is 0 Å². The van der Waals surface area contributed by atoms with Gasteiger partial charge in [0.25, 0.3) is 0 Å². The van der Waals surface area contributed by atoms with Crippen molar-refractivity contribution in [3.8, 4) is 0 Å². The fraction of sp³-hybridized carbons (Fsp3) is 0.571. The van der Waals surface area contributed by atoms with Crippen LogP contribution >= 0.6 is 0 Å². The number of nitrogens with two attached hydrogens (primary N) is 1. The van der Waals surface area contributed by atoms with E-state index in [0.29, 0.717) is 19.8 Å². The maximum atomic E-state index is 5.77. The smallest absolute Gasteiger partial charge is 0.207 e. The van der Waals surface area contributed by atoms with E-state index in [-0.39, 0.29) is 0 Å². The zero-order valence-corrected chi connectivity index (χ0v) is 10.4. The molecule has 3 heteroatoms. The molecule has 0 aliphatic carbocycles. The second-order valence-corrected chi connectivity index (χ2v) is 4.45. The summed E-state index contributed by atoms with van der Waals surface area (Å²) in [5.41, 5.74) is 8.16. The lowest BCUT2D eigenvalue weighted by Gasteiger charge is -2.26. The summed E-state index contributed by atoms with van der Waals surface area (Å²) in [7, 11) is 0. The Kier molecular flexibility index (Phi) is 4.15. The lowest BCUT2D eigenvalue weighted by molar-refractivity contribution is -0.156. The zero-order chi connectivity index (χ0) is 12.1. The van der Waals surface area contributed by atoms with E-state index in [1.165, 1.54) is 18.4 Å². The highest BCUT2D eigenvalue weighted by Crippen LogP contribution is 2.30. The van der Waals surface area contributed by atoms with Gasteiger partial charge in [-0.2, -0.15) is 0 Å². The molecule has 0 spiro atoms. The Balaban J connectivity index is 2.11. The van der Waals surface area contributed by atoms with E-state index in [9.17, 15) is 0 Å². The van der Waals surface area contributed by atoms with Crippen LogP contribution in [0.3, 0.4) is 0 Å². The van der Waals surface area contributed by atoms with Crippen LogP contribution in [0.2, 0.25) is 0 Å². The molecule has 2 N–H and O–H groups in total. The summed E-state index contributed by atoms with van der Waals surface area (Å²) in [5, 5.41) is 0. The molecule has 1 fully saturated rings. The Morgan fingerprint density at radius 2 is 1.82 bits per heavy atom. The summed E-state index contributed by atoms with van der Waals surface area (Å²) in [4.78, 5) is 0. The normalized spacial score (nSPS) is 18.5. The maximum absolute atomic E-state index is 5.77. The number of hydrogen-bond acceptors (Lipinski definition) is 3. The van der Waals surface area contributed by atoms with Gasteiger partial charge >= 0.3 is 0 Å². The fourth-order valence-corrected chi connectivity index (χ4v) is 2.16. The first kappa shape index (κ1) is 12.6. The second-order valence-electron chi connectivity index (χ2n) is 4.45. The third-order valence-corrected chi connectivity index (χ3v) is 3.24. The number of benzene rings is 1. The second kappa shape index (κ2) is 5.63. The van der Waals surface area contributed by atoms with E-state index >= 15 is 0 Å². The van der Waals surface area contributed by atoms with E-state index in [1.807, 2.05) is 0 Å². The van der Waals surface area contributed by atoms with Gasteiger partial charge in [0, 0.05) is 5.56 Å². The van der Waals surface area contributed by atoms with E-state index in [1.54, 1.807) is 0 Å². The van der Waals surface area contributed by atoms with Crippen molar-refractivity contribution in [3.63, 3.8) is 0 Å². The van der Waals surface area contributed by atoms with Gasteiger partial charge in [0.05, 0.1) is 19.8 Å². The summed E-state index contributed by atoms with van der Waals surface area (Å²) in [6.07, 6.45) is 3.59. The average Bonchev–Trinajstić information content (AvgIpc) is 2.87. The molecule has 1 saturated heterocycles. The predicted octanol–water partition coefficient (Wildman–Crippen LogP) is 2.19. The van der Waals surface area contributed by atoms with Gasteiger partial charge < -0.3 is 15.2 Å². The van der Waals surface area contributed by atoms with Crippen molar-refractivity contribution in [1.82, 2.24) is 0 Å². The van der Waals surface area contributed by atoms with Crippen molar-refractivity contribution in [2.75, 3.05) is 19.8 Å². The van der Waals surface area contributed by atoms with Gasteiger partial charge in [-0.05, 0) is 18.4 Å². The molecule has 0 bridgehead atoms. The van der Waals surface area contributed by atoms with Crippen molar-refractivity contribution in [3.05, 3.63) is 35.4 Å². The summed E-state index contributed by atoms with van der Waals surface area (Å²) in [6.45, 7) is 3.81. The van der Waals surface area contributed by atoms with E-state index < -0.39 is 5.79 Å². The largest absolute Gasteiger partial charge is 0.342 e. The number of aryl methyl sites for hydroxylation is 1. The zero-order valence-electron chi connectivity index (χ0n) is 10.4. The van der Waals surface area contributed by atoms with E-state index in [2.05, 4.69) is 31.2 Å². The van der Waals surface area contributed by atoms with E-state index in [0.717, 1.165) is 12.0 Å². The molecule has 1 aliphatic rings. The third kappa shape index (κ3) is 2.68. The number of ether oxygens (including phenoxy) is 2. The molecule has 1 aromatic carbocycles. The van der Waals surface area contributed by atoms with Crippen LogP contribution in [0.5, 0.6) is 0 Å². The third-order valence-electron chi connectivity index (χ3n) is 3.24. The minimum Gasteiger partial charge on any atom is -0.342 e. The number of unbranched alkanes of at least 4 members (excludes halogenated alkanes) is 1. The van der Waals surface area contributed by atoms with Crippen molar-refractivity contribution in [2.45, 2.75) is 32.0 Å². The van der Waals surface area contributed by atoms with Gasteiger partial charge in [-0.1, -0.05) is 37.6 Å². The van der Waals surface area contributed by atoms with Crippen molar-refractivity contribution < 1.29 is 9.47 Å². The molecule has 1 aliphatic heterocycles. The van der Waals surface area contributed by atoms with Crippen LogP contribution in [0.25, 0.3) is 0 Å². The molecule has 1 heterocycles. The van der Waals surface area contributed by atoms with Crippen LogP contribution in [-0.4, -0.2) is 19.8 Å². The van der Waals surface area contributed by atoms with Crippen molar-refractivity contribution in [2.24, 2.45) is 5.73 Å². The van der Waals surface area contributed by atoms with Crippen LogP contribution in [-0.2, 0) is 21.7 Å². The Labute approximate surface area is 103 Å². The highest BCUT2D eigenvalue weighted by molar-refractivity contribution is 5.27. The SMILES string of the molecule is CCCCc1ccc(C2(CN)OCCO2)cc1. The first-order valence-electron chi connectivity index (χ1n) is 6.38. The lowest BCUT2D eigenvalue weighted by Crippen LogP contribution is -2.36. The molecule has 0 saturated carbocycles. The Morgan fingerprint density at radius 1 is 1.18 bits per heavy atom. The number of rotatable bonds is 5. The summed E-state index contributed by atoms with van der Waals surface area (Å²) in [5.74, 6) is -0.705. The van der Waals surface area contributed by atoms with Gasteiger partial charge in [0.1, 0.15) is 0 Å². The minimum atomic E-state index is -0.705. The van der Waals surface area contributed by atoms with Crippen LogP contribution in [0, 0.1) is 0 Å². The summed E-state index contributed by atoms with van der Waals surface area (Å²) < 4.78 is 11.3. The molecule has 0 unspecified atom stereocenters. The van der Waals surface area contributed by atoms with Crippen molar-refractivity contribution in [1.29, 1.82) is 0 Å². The number of hydrogen-bond donors (Lipinski definition) is 1. The Morgan fingerprint density at radius 3 is 2.35 bits per heavy atom. The fourth-order valence-electron chi connectivity index (χ4n) is 2.16. The van der Waals surface area contributed by atoms with Crippen LogP contribution in [0.1, 0.15) is 30.9 Å². The summed E-state index contributed by atoms with van der Waals surface area (Å²) >= 11 is 0. The molecule has 0 radical (unpaired) electrons. The van der Waals surface area contributed by atoms with Crippen LogP contribution in [0.4, 0.5) is 0 Å². The van der Waals surface area contributed by atoms with E-state index in [4.69, 9.17) is 15.2 Å². The molecular formula is C14H21NO2. The van der Waals surface area contributed by atoms with Gasteiger partial charge in [0.15, 0.2) is 0 Å². The topological polar surface area (TPSA) is 44.5 Å². The highest BCUT2D eigenvalue weighted by atomic mass is 16.7. The highest BCUT2D eigenvalue weighted by Gasteiger charge is 2.36. The molecule has 0 atom stereocenters. The first-order valence-corrected chi connectivity index (χ1v) is 6.38. The monoisotopic (exact) mass is 235 g/mol. The molecule has 0 amide bonds. The quantitative estimate of drug-likeness (QED) is 0.850. The van der Waals surface area contributed by atoms with Gasteiger partial charge in [-0.15, -0.1) is 0 Å². The lowest BCUT2D eigenvalue weighted by atomic mass is 10.0. The molecule has 3 nitrogen and oxygen atoms in total. The molecule has 17 heavy (non-hydrogen) atoms. The summed E-state index contributed by atoms with van der Waals surface area (Å²) in [6, 6.07) is 8.44.